The highest BCUT2D eigenvalue weighted by Gasteiger charge is 2.33. The molecular weight excluding hydrogens is 219 g/mol. The van der Waals surface area contributed by atoms with Crippen molar-refractivity contribution in [2.45, 2.75) is 33.0 Å². The maximum Gasteiger partial charge on any atom is 0.433 e. The summed E-state index contributed by atoms with van der Waals surface area (Å²) in [4.78, 5) is 7.40. The standard InChI is InChI=1S/C10H14F3N3/c1-5(2)8(14)9-15-6(3)4-7(16-9)10(11,12)13/h4-5,8H,14H2,1-3H3. The number of halogens is 3. The molecule has 0 radical (unpaired) electrons. The summed E-state index contributed by atoms with van der Waals surface area (Å²) in [7, 11) is 0. The first-order valence-electron chi connectivity index (χ1n) is 4.90. The molecule has 90 valence electrons. The third-order valence-electron chi connectivity index (χ3n) is 2.18. The lowest BCUT2D eigenvalue weighted by Gasteiger charge is -2.16. The van der Waals surface area contributed by atoms with Crippen LogP contribution in [0.2, 0.25) is 0 Å². The first-order chi connectivity index (χ1) is 7.21. The number of aryl methyl sites for hydroxylation is 1. The van der Waals surface area contributed by atoms with Crippen LogP contribution in [0.25, 0.3) is 0 Å². The normalized spacial score (nSPS) is 14.2. The molecule has 1 unspecified atom stereocenters. The van der Waals surface area contributed by atoms with Crippen molar-refractivity contribution in [1.82, 2.24) is 9.97 Å². The summed E-state index contributed by atoms with van der Waals surface area (Å²) in [6.45, 7) is 5.11. The SMILES string of the molecule is Cc1cc(C(F)(F)F)nc(C(N)C(C)C)n1. The number of aromatic nitrogens is 2. The molecule has 6 heteroatoms. The van der Waals surface area contributed by atoms with Crippen LogP contribution in [-0.4, -0.2) is 9.97 Å². The van der Waals surface area contributed by atoms with Crippen molar-refractivity contribution in [1.29, 1.82) is 0 Å². The average Bonchev–Trinajstić information content (AvgIpc) is 2.14. The highest BCUT2D eigenvalue weighted by Crippen LogP contribution is 2.29. The lowest BCUT2D eigenvalue weighted by Crippen LogP contribution is -2.22. The maximum absolute atomic E-state index is 12.5. The van der Waals surface area contributed by atoms with Gasteiger partial charge in [0.05, 0.1) is 6.04 Å². The van der Waals surface area contributed by atoms with Crippen LogP contribution in [0.15, 0.2) is 6.07 Å². The van der Waals surface area contributed by atoms with Crippen molar-refractivity contribution in [3.8, 4) is 0 Å². The molecule has 0 aliphatic rings. The molecule has 1 heterocycles. The van der Waals surface area contributed by atoms with Gasteiger partial charge in [0.1, 0.15) is 11.5 Å². The van der Waals surface area contributed by atoms with Gasteiger partial charge in [0.2, 0.25) is 0 Å². The quantitative estimate of drug-likeness (QED) is 0.853. The van der Waals surface area contributed by atoms with Crippen LogP contribution >= 0.6 is 0 Å². The Hall–Kier alpha value is -1.17. The van der Waals surface area contributed by atoms with Gasteiger partial charge in [-0.25, -0.2) is 9.97 Å². The number of hydrogen-bond donors (Lipinski definition) is 1. The van der Waals surface area contributed by atoms with E-state index in [2.05, 4.69) is 9.97 Å². The van der Waals surface area contributed by atoms with E-state index in [1.807, 2.05) is 13.8 Å². The molecule has 0 saturated heterocycles. The molecule has 0 aliphatic heterocycles. The first kappa shape index (κ1) is 12.9. The van der Waals surface area contributed by atoms with Gasteiger partial charge in [-0.3, -0.25) is 0 Å². The Kier molecular flexibility index (Phi) is 3.52. The first-order valence-corrected chi connectivity index (χ1v) is 4.90. The van der Waals surface area contributed by atoms with Crippen LogP contribution in [-0.2, 0) is 6.18 Å². The highest BCUT2D eigenvalue weighted by atomic mass is 19.4. The van der Waals surface area contributed by atoms with Gasteiger partial charge in [-0.15, -0.1) is 0 Å². The summed E-state index contributed by atoms with van der Waals surface area (Å²) in [5.74, 6) is 0.0326. The van der Waals surface area contributed by atoms with Crippen LogP contribution in [0.4, 0.5) is 13.2 Å². The van der Waals surface area contributed by atoms with E-state index in [9.17, 15) is 13.2 Å². The van der Waals surface area contributed by atoms with Gasteiger partial charge in [-0.2, -0.15) is 13.2 Å². The Morgan fingerprint density at radius 2 is 1.81 bits per heavy atom. The van der Waals surface area contributed by atoms with Crippen LogP contribution in [0.1, 0.15) is 37.1 Å². The van der Waals surface area contributed by atoms with Crippen molar-refractivity contribution < 1.29 is 13.2 Å². The molecule has 0 aromatic carbocycles. The third-order valence-corrected chi connectivity index (χ3v) is 2.18. The molecule has 1 atom stereocenters. The second-order valence-electron chi connectivity index (χ2n) is 4.02. The fraction of sp³-hybridized carbons (Fsp3) is 0.600. The highest BCUT2D eigenvalue weighted by molar-refractivity contribution is 5.14. The second-order valence-corrected chi connectivity index (χ2v) is 4.02. The van der Waals surface area contributed by atoms with Gasteiger partial charge in [0, 0.05) is 5.69 Å². The van der Waals surface area contributed by atoms with Gasteiger partial charge in [-0.05, 0) is 18.9 Å². The van der Waals surface area contributed by atoms with Gasteiger partial charge in [0.15, 0.2) is 0 Å². The van der Waals surface area contributed by atoms with E-state index in [4.69, 9.17) is 5.73 Å². The molecule has 1 aromatic heterocycles. The van der Waals surface area contributed by atoms with E-state index < -0.39 is 17.9 Å². The van der Waals surface area contributed by atoms with Crippen molar-refractivity contribution in [2.24, 2.45) is 11.7 Å². The molecule has 0 amide bonds. The van der Waals surface area contributed by atoms with E-state index in [0.29, 0.717) is 0 Å². The summed E-state index contributed by atoms with van der Waals surface area (Å²) in [5.41, 5.74) is 5.06. The number of nitrogens with two attached hydrogens (primary N) is 1. The number of nitrogens with zero attached hydrogens (tertiary/aromatic N) is 2. The number of alkyl halides is 3. The average molecular weight is 233 g/mol. The lowest BCUT2D eigenvalue weighted by atomic mass is 10.0. The van der Waals surface area contributed by atoms with Crippen molar-refractivity contribution in [3.05, 3.63) is 23.3 Å². The second kappa shape index (κ2) is 4.37. The minimum Gasteiger partial charge on any atom is -0.321 e. The molecule has 1 aromatic rings. The Labute approximate surface area is 91.9 Å². The predicted octanol–water partition coefficient (Wildman–Crippen LogP) is 2.46. The zero-order chi connectivity index (χ0) is 12.5. The van der Waals surface area contributed by atoms with Crippen molar-refractivity contribution in [2.75, 3.05) is 0 Å². The van der Waals surface area contributed by atoms with Gasteiger partial charge in [-0.1, -0.05) is 13.8 Å². The minimum absolute atomic E-state index is 0.0112. The topological polar surface area (TPSA) is 51.8 Å². The monoisotopic (exact) mass is 233 g/mol. The molecule has 0 saturated carbocycles. The minimum atomic E-state index is -4.46. The smallest absolute Gasteiger partial charge is 0.321 e. The van der Waals surface area contributed by atoms with Gasteiger partial charge in [0.25, 0.3) is 0 Å². The summed E-state index contributed by atoms with van der Waals surface area (Å²) in [6.07, 6.45) is -4.46. The zero-order valence-electron chi connectivity index (χ0n) is 9.34. The maximum atomic E-state index is 12.5. The van der Waals surface area contributed by atoms with E-state index in [1.54, 1.807) is 0 Å². The molecule has 0 aliphatic carbocycles. The van der Waals surface area contributed by atoms with E-state index in [-0.39, 0.29) is 17.4 Å². The van der Waals surface area contributed by atoms with E-state index >= 15 is 0 Å². The van der Waals surface area contributed by atoms with Crippen LogP contribution in [0.3, 0.4) is 0 Å². The van der Waals surface area contributed by atoms with Gasteiger partial charge < -0.3 is 5.73 Å². The van der Waals surface area contributed by atoms with Crippen molar-refractivity contribution >= 4 is 0 Å². The number of rotatable bonds is 2. The molecule has 1 rings (SSSR count). The Morgan fingerprint density at radius 1 is 1.25 bits per heavy atom. The Morgan fingerprint density at radius 3 is 2.25 bits per heavy atom. The Bertz CT molecular complexity index is 374. The van der Waals surface area contributed by atoms with Crippen LogP contribution in [0.5, 0.6) is 0 Å². The predicted molar refractivity (Wildman–Crippen MR) is 53.5 cm³/mol. The fourth-order valence-electron chi connectivity index (χ4n) is 1.18. The largest absolute Gasteiger partial charge is 0.433 e. The van der Waals surface area contributed by atoms with E-state index in [1.165, 1.54) is 6.92 Å². The zero-order valence-corrected chi connectivity index (χ0v) is 9.34. The molecule has 16 heavy (non-hydrogen) atoms. The fourth-order valence-corrected chi connectivity index (χ4v) is 1.18. The lowest BCUT2D eigenvalue weighted by molar-refractivity contribution is -0.141. The molecular formula is C10H14F3N3. The van der Waals surface area contributed by atoms with Crippen LogP contribution < -0.4 is 5.73 Å². The Balaban J connectivity index is 3.18. The number of hydrogen-bond acceptors (Lipinski definition) is 3. The molecule has 3 nitrogen and oxygen atoms in total. The molecule has 0 bridgehead atoms. The summed E-state index contributed by atoms with van der Waals surface area (Å²) in [5, 5.41) is 0. The van der Waals surface area contributed by atoms with Crippen molar-refractivity contribution in [3.63, 3.8) is 0 Å². The molecule has 0 spiro atoms. The summed E-state index contributed by atoms with van der Waals surface area (Å²) < 4.78 is 37.4. The summed E-state index contributed by atoms with van der Waals surface area (Å²) in [6, 6.07) is 0.331. The van der Waals surface area contributed by atoms with E-state index in [0.717, 1.165) is 6.07 Å². The summed E-state index contributed by atoms with van der Waals surface area (Å²) >= 11 is 0. The van der Waals surface area contributed by atoms with Crippen LogP contribution in [0, 0.1) is 12.8 Å². The van der Waals surface area contributed by atoms with Gasteiger partial charge >= 0.3 is 6.18 Å². The third kappa shape index (κ3) is 2.91. The molecule has 2 N–H and O–H groups in total. The molecule has 0 fully saturated rings.